The van der Waals surface area contributed by atoms with Crippen LogP contribution in [0.4, 0.5) is 0 Å². The number of carbonyl (C=O) groups is 2. The minimum absolute atomic E-state index is 0.0734. The molecular weight excluding hydrogens is 326 g/mol. The van der Waals surface area contributed by atoms with Gasteiger partial charge in [-0.05, 0) is 24.8 Å². The van der Waals surface area contributed by atoms with Crippen molar-refractivity contribution in [3.8, 4) is 0 Å². The largest absolute Gasteiger partial charge is 0.353 e. The summed E-state index contributed by atoms with van der Waals surface area (Å²) in [5.74, 6) is 0.200. The summed E-state index contributed by atoms with van der Waals surface area (Å²) in [4.78, 5) is 26.9. The summed E-state index contributed by atoms with van der Waals surface area (Å²) < 4.78 is 0. The smallest absolute Gasteiger partial charge is 0.237 e. The number of hydrogen-bond donors (Lipinski definition) is 2. The van der Waals surface area contributed by atoms with E-state index in [0.29, 0.717) is 32.0 Å². The predicted molar refractivity (Wildman–Crippen MR) is 103 cm³/mol. The molecule has 1 atom stereocenters. The molecule has 1 aliphatic heterocycles. The van der Waals surface area contributed by atoms with Crippen LogP contribution in [0.3, 0.4) is 0 Å². The summed E-state index contributed by atoms with van der Waals surface area (Å²) in [5.41, 5.74) is 1.16. The molecule has 0 bridgehead atoms. The molecule has 1 saturated heterocycles. The number of amides is 2. The van der Waals surface area contributed by atoms with Gasteiger partial charge in [-0.15, -0.1) is 0 Å². The van der Waals surface area contributed by atoms with Crippen LogP contribution in [-0.4, -0.2) is 48.4 Å². The predicted octanol–water partition coefficient (Wildman–Crippen LogP) is 2.26. The molecule has 2 aliphatic rings. The number of piperazine rings is 1. The Morgan fingerprint density at radius 3 is 2.58 bits per heavy atom. The van der Waals surface area contributed by atoms with Gasteiger partial charge in [0.15, 0.2) is 0 Å². The van der Waals surface area contributed by atoms with Gasteiger partial charge < -0.3 is 10.6 Å². The fourth-order valence-corrected chi connectivity index (χ4v) is 4.06. The van der Waals surface area contributed by atoms with E-state index in [-0.39, 0.29) is 17.9 Å². The highest BCUT2D eigenvalue weighted by molar-refractivity contribution is 5.83. The molecule has 0 spiro atoms. The monoisotopic (exact) mass is 357 g/mol. The highest BCUT2D eigenvalue weighted by atomic mass is 16.2. The van der Waals surface area contributed by atoms with E-state index in [1.165, 1.54) is 25.7 Å². The minimum atomic E-state index is -0.183. The van der Waals surface area contributed by atoms with E-state index in [0.717, 1.165) is 24.9 Å². The van der Waals surface area contributed by atoms with E-state index < -0.39 is 0 Å². The third kappa shape index (κ3) is 5.56. The van der Waals surface area contributed by atoms with E-state index in [4.69, 9.17) is 0 Å². The summed E-state index contributed by atoms with van der Waals surface area (Å²) in [6.45, 7) is 2.11. The van der Waals surface area contributed by atoms with Gasteiger partial charge in [-0.3, -0.25) is 14.5 Å². The normalized spacial score (nSPS) is 22.5. The lowest BCUT2D eigenvalue weighted by atomic mass is 10.0. The minimum Gasteiger partial charge on any atom is -0.353 e. The molecule has 1 heterocycles. The van der Waals surface area contributed by atoms with Gasteiger partial charge in [0.1, 0.15) is 0 Å². The van der Waals surface area contributed by atoms with Crippen LogP contribution in [0.1, 0.15) is 50.5 Å². The molecule has 26 heavy (non-hydrogen) atoms. The average Bonchev–Trinajstić information content (AvgIpc) is 2.92. The maximum Gasteiger partial charge on any atom is 0.237 e. The number of nitrogens with zero attached hydrogens (tertiary/aromatic N) is 1. The molecular formula is C21H31N3O2. The van der Waals surface area contributed by atoms with Crippen molar-refractivity contribution in [1.29, 1.82) is 0 Å². The number of nitrogens with one attached hydrogen (secondary N) is 2. The second-order valence-electron chi connectivity index (χ2n) is 7.54. The zero-order chi connectivity index (χ0) is 18.2. The Bertz CT molecular complexity index is 582. The van der Waals surface area contributed by atoms with Crippen LogP contribution < -0.4 is 10.6 Å². The van der Waals surface area contributed by atoms with Crippen molar-refractivity contribution in [2.24, 2.45) is 0 Å². The topological polar surface area (TPSA) is 61.4 Å². The first-order chi connectivity index (χ1) is 12.7. The Morgan fingerprint density at radius 1 is 1.12 bits per heavy atom. The maximum absolute atomic E-state index is 12.4. The zero-order valence-electron chi connectivity index (χ0n) is 15.6. The van der Waals surface area contributed by atoms with Gasteiger partial charge in [-0.1, -0.05) is 56.0 Å². The number of hydrogen-bond acceptors (Lipinski definition) is 3. The highest BCUT2D eigenvalue weighted by Gasteiger charge is 2.30. The fourth-order valence-electron chi connectivity index (χ4n) is 4.06. The Balaban J connectivity index is 1.51. The van der Waals surface area contributed by atoms with Crippen LogP contribution in [-0.2, 0) is 16.0 Å². The molecule has 2 fully saturated rings. The van der Waals surface area contributed by atoms with Crippen molar-refractivity contribution in [3.05, 3.63) is 35.9 Å². The van der Waals surface area contributed by atoms with Crippen LogP contribution in [0, 0.1) is 0 Å². The van der Waals surface area contributed by atoms with Crippen LogP contribution in [0.2, 0.25) is 0 Å². The Hall–Kier alpha value is -1.88. The summed E-state index contributed by atoms with van der Waals surface area (Å²) in [6, 6.07) is 10.3. The Labute approximate surface area is 156 Å². The molecule has 3 rings (SSSR count). The number of rotatable bonds is 6. The van der Waals surface area contributed by atoms with Gasteiger partial charge in [0.05, 0.1) is 6.04 Å². The molecule has 0 aromatic heterocycles. The van der Waals surface area contributed by atoms with E-state index in [9.17, 15) is 9.59 Å². The lowest BCUT2D eigenvalue weighted by Crippen LogP contribution is -2.56. The number of benzene rings is 1. The van der Waals surface area contributed by atoms with Crippen molar-refractivity contribution >= 4 is 11.8 Å². The van der Waals surface area contributed by atoms with Gasteiger partial charge in [0.25, 0.3) is 0 Å². The lowest BCUT2D eigenvalue weighted by molar-refractivity contribution is -0.130. The quantitative estimate of drug-likeness (QED) is 0.768. The summed E-state index contributed by atoms with van der Waals surface area (Å²) >= 11 is 0. The molecule has 5 heteroatoms. The fraction of sp³-hybridized carbons (Fsp3) is 0.619. The molecule has 1 saturated carbocycles. The van der Waals surface area contributed by atoms with Crippen molar-refractivity contribution < 1.29 is 9.59 Å². The van der Waals surface area contributed by atoms with Crippen LogP contribution in [0.5, 0.6) is 0 Å². The van der Waals surface area contributed by atoms with Gasteiger partial charge in [-0.25, -0.2) is 0 Å². The average molecular weight is 357 g/mol. The highest BCUT2D eigenvalue weighted by Crippen LogP contribution is 2.17. The lowest BCUT2D eigenvalue weighted by Gasteiger charge is -2.35. The van der Waals surface area contributed by atoms with E-state index in [1.807, 2.05) is 18.2 Å². The number of carbonyl (C=O) groups excluding carboxylic acids is 2. The van der Waals surface area contributed by atoms with Crippen molar-refractivity contribution in [3.63, 3.8) is 0 Å². The SMILES string of the molecule is O=C(CCN1CCNC(=O)C1Cc1ccccc1)NC1CCCCCC1. The van der Waals surface area contributed by atoms with Gasteiger partial charge in [0, 0.05) is 32.1 Å². The van der Waals surface area contributed by atoms with Gasteiger partial charge in [0.2, 0.25) is 11.8 Å². The Morgan fingerprint density at radius 2 is 1.85 bits per heavy atom. The van der Waals surface area contributed by atoms with Crippen molar-refractivity contribution in [1.82, 2.24) is 15.5 Å². The molecule has 2 amide bonds. The molecule has 1 aromatic carbocycles. The van der Waals surface area contributed by atoms with Crippen molar-refractivity contribution in [2.75, 3.05) is 19.6 Å². The molecule has 1 aliphatic carbocycles. The molecule has 0 radical (unpaired) electrons. The van der Waals surface area contributed by atoms with Crippen LogP contribution in [0.15, 0.2) is 30.3 Å². The summed E-state index contributed by atoms with van der Waals surface area (Å²) in [7, 11) is 0. The van der Waals surface area contributed by atoms with E-state index >= 15 is 0 Å². The second-order valence-corrected chi connectivity index (χ2v) is 7.54. The molecule has 142 valence electrons. The Kier molecular flexibility index (Phi) is 7.06. The summed E-state index contributed by atoms with van der Waals surface area (Å²) in [6.07, 6.45) is 8.38. The first-order valence-corrected chi connectivity index (χ1v) is 10.1. The summed E-state index contributed by atoms with van der Waals surface area (Å²) in [5, 5.41) is 6.17. The molecule has 1 aromatic rings. The maximum atomic E-state index is 12.4. The molecule has 2 N–H and O–H groups in total. The van der Waals surface area contributed by atoms with Crippen molar-refractivity contribution in [2.45, 2.75) is 63.5 Å². The first-order valence-electron chi connectivity index (χ1n) is 10.1. The molecule has 1 unspecified atom stereocenters. The van der Waals surface area contributed by atoms with Crippen LogP contribution in [0.25, 0.3) is 0 Å². The first kappa shape index (κ1) is 18.9. The third-order valence-electron chi connectivity index (χ3n) is 5.56. The van der Waals surface area contributed by atoms with E-state index in [1.54, 1.807) is 0 Å². The molecule has 5 nitrogen and oxygen atoms in total. The zero-order valence-corrected chi connectivity index (χ0v) is 15.6. The standard InChI is InChI=1S/C21H31N3O2/c25-20(23-18-10-6-1-2-7-11-18)12-14-24-15-13-22-21(26)19(24)16-17-8-4-3-5-9-17/h3-5,8-9,18-19H,1-2,6-7,10-16H2,(H,22,26)(H,23,25). The van der Waals surface area contributed by atoms with Gasteiger partial charge in [-0.2, -0.15) is 0 Å². The van der Waals surface area contributed by atoms with Crippen LogP contribution >= 0.6 is 0 Å². The third-order valence-corrected chi connectivity index (χ3v) is 5.56. The van der Waals surface area contributed by atoms with Gasteiger partial charge >= 0.3 is 0 Å². The second kappa shape index (κ2) is 9.72. The van der Waals surface area contributed by atoms with E-state index in [2.05, 4.69) is 27.7 Å².